The Hall–Kier alpha value is -2.50. The number of piperazine rings is 1. The summed E-state index contributed by atoms with van der Waals surface area (Å²) >= 11 is 6.10. The number of likely N-dealkylation sites (tertiary alicyclic amines) is 1. The lowest BCUT2D eigenvalue weighted by Crippen LogP contribution is -2.50. The number of amides is 1. The quantitative estimate of drug-likeness (QED) is 0.715. The van der Waals surface area contributed by atoms with E-state index in [1.807, 2.05) is 35.2 Å². The Morgan fingerprint density at radius 3 is 2.73 bits per heavy atom. The monoisotopic (exact) mass is 364 g/mol. The lowest BCUT2D eigenvalue weighted by Gasteiger charge is -2.34. The highest BCUT2D eigenvalue weighted by molar-refractivity contribution is 6.31. The predicted molar refractivity (Wildman–Crippen MR) is 101 cm³/mol. The molecule has 3 aromatic rings. The molecule has 2 aliphatic heterocycles. The highest BCUT2D eigenvalue weighted by Crippen LogP contribution is 2.37. The van der Waals surface area contributed by atoms with Crippen LogP contribution in [0.1, 0.15) is 12.0 Å². The normalized spacial score (nSPS) is 22.5. The standard InChI is InChI=1S/C20H17ClN4O/c21-14-2-1-3-15(9-14)25-16-10-19(20(25)26)24(12-16)11-13-4-5-17-18(8-13)23-7-6-22-17/h1-9,16,19H,10-12H2/t16-,19-/m0/s1. The molecule has 0 aliphatic carbocycles. The van der Waals surface area contributed by atoms with Crippen molar-refractivity contribution >= 4 is 34.2 Å². The molecule has 2 bridgehead atoms. The summed E-state index contributed by atoms with van der Waals surface area (Å²) in [5, 5.41) is 0.659. The van der Waals surface area contributed by atoms with Crippen molar-refractivity contribution in [1.82, 2.24) is 14.9 Å². The van der Waals surface area contributed by atoms with Crippen LogP contribution >= 0.6 is 11.6 Å². The number of anilines is 1. The van der Waals surface area contributed by atoms with Gasteiger partial charge in [0, 0.05) is 36.2 Å². The zero-order valence-corrected chi connectivity index (χ0v) is 14.8. The maximum absolute atomic E-state index is 12.9. The molecule has 2 saturated heterocycles. The van der Waals surface area contributed by atoms with E-state index in [0.717, 1.165) is 41.8 Å². The van der Waals surface area contributed by atoms with Gasteiger partial charge in [0.25, 0.3) is 0 Å². The number of halogens is 1. The van der Waals surface area contributed by atoms with E-state index < -0.39 is 0 Å². The molecular weight excluding hydrogens is 348 g/mol. The lowest BCUT2D eigenvalue weighted by molar-refractivity contribution is -0.122. The summed E-state index contributed by atoms with van der Waals surface area (Å²) in [7, 11) is 0. The Kier molecular flexibility index (Phi) is 3.65. The van der Waals surface area contributed by atoms with E-state index in [-0.39, 0.29) is 18.0 Å². The number of aromatic nitrogens is 2. The van der Waals surface area contributed by atoms with Crippen LogP contribution in [0.15, 0.2) is 54.9 Å². The summed E-state index contributed by atoms with van der Waals surface area (Å²) in [4.78, 5) is 25.8. The van der Waals surface area contributed by atoms with Gasteiger partial charge in [0.15, 0.2) is 0 Å². The molecule has 2 aromatic carbocycles. The van der Waals surface area contributed by atoms with Gasteiger partial charge in [-0.15, -0.1) is 0 Å². The minimum atomic E-state index is -0.0588. The fraction of sp³-hybridized carbons (Fsp3) is 0.250. The Morgan fingerprint density at radius 2 is 1.92 bits per heavy atom. The van der Waals surface area contributed by atoms with Crippen LogP contribution in [0.4, 0.5) is 5.69 Å². The first-order valence-electron chi connectivity index (χ1n) is 8.71. The van der Waals surface area contributed by atoms with Crippen LogP contribution < -0.4 is 4.90 Å². The van der Waals surface area contributed by atoms with Crippen molar-refractivity contribution in [3.63, 3.8) is 0 Å². The molecule has 0 N–H and O–H groups in total. The molecule has 2 fully saturated rings. The van der Waals surface area contributed by atoms with Gasteiger partial charge >= 0.3 is 0 Å². The number of hydrogen-bond donors (Lipinski definition) is 0. The van der Waals surface area contributed by atoms with E-state index in [4.69, 9.17) is 11.6 Å². The van der Waals surface area contributed by atoms with E-state index in [1.165, 1.54) is 0 Å². The zero-order valence-electron chi connectivity index (χ0n) is 14.0. The maximum Gasteiger partial charge on any atom is 0.244 e. The summed E-state index contributed by atoms with van der Waals surface area (Å²) in [6.07, 6.45) is 4.28. The van der Waals surface area contributed by atoms with E-state index >= 15 is 0 Å². The summed E-state index contributed by atoms with van der Waals surface area (Å²) in [5.74, 6) is 0.170. The molecule has 1 amide bonds. The van der Waals surface area contributed by atoms with E-state index in [9.17, 15) is 4.79 Å². The fourth-order valence-corrected chi connectivity index (χ4v) is 4.33. The van der Waals surface area contributed by atoms with Crippen molar-refractivity contribution in [2.45, 2.75) is 25.0 Å². The molecule has 2 aliphatic rings. The Balaban J connectivity index is 1.36. The van der Waals surface area contributed by atoms with Gasteiger partial charge in [-0.25, -0.2) is 0 Å². The third-order valence-corrected chi connectivity index (χ3v) is 5.51. The second kappa shape index (κ2) is 6.04. The number of carbonyl (C=O) groups is 1. The summed E-state index contributed by atoms with van der Waals surface area (Å²) in [6.45, 7) is 1.63. The topological polar surface area (TPSA) is 49.3 Å². The van der Waals surface area contributed by atoms with Crippen LogP contribution in [-0.2, 0) is 11.3 Å². The van der Waals surface area contributed by atoms with Crippen molar-refractivity contribution in [2.75, 3.05) is 11.4 Å². The molecule has 3 heterocycles. The predicted octanol–water partition coefficient (Wildman–Crippen LogP) is 3.27. The number of rotatable bonds is 3. The molecule has 0 unspecified atom stereocenters. The average molecular weight is 365 g/mol. The molecule has 6 heteroatoms. The lowest BCUT2D eigenvalue weighted by atomic mass is 10.1. The number of hydrogen-bond acceptors (Lipinski definition) is 4. The summed E-state index contributed by atoms with van der Waals surface area (Å²) < 4.78 is 0. The number of benzene rings is 2. The molecule has 0 radical (unpaired) electrons. The molecule has 26 heavy (non-hydrogen) atoms. The van der Waals surface area contributed by atoms with Crippen molar-refractivity contribution < 1.29 is 4.79 Å². The van der Waals surface area contributed by atoms with Crippen LogP contribution in [0, 0.1) is 0 Å². The van der Waals surface area contributed by atoms with Gasteiger partial charge in [-0.1, -0.05) is 23.7 Å². The van der Waals surface area contributed by atoms with Gasteiger partial charge in [-0.05, 0) is 42.3 Å². The van der Waals surface area contributed by atoms with Gasteiger partial charge in [-0.2, -0.15) is 0 Å². The molecule has 2 atom stereocenters. The third-order valence-electron chi connectivity index (χ3n) is 5.27. The van der Waals surface area contributed by atoms with E-state index in [0.29, 0.717) is 5.02 Å². The smallest absolute Gasteiger partial charge is 0.244 e. The minimum Gasteiger partial charge on any atom is -0.307 e. The Bertz CT molecular complexity index is 1010. The van der Waals surface area contributed by atoms with Crippen LogP contribution in [0.5, 0.6) is 0 Å². The SMILES string of the molecule is O=C1[C@@H]2C[C@@H](CN2Cc2ccc3nccnc3c2)N1c1cccc(Cl)c1. The zero-order chi connectivity index (χ0) is 17.7. The second-order valence-electron chi connectivity index (χ2n) is 6.90. The molecule has 130 valence electrons. The molecule has 0 saturated carbocycles. The van der Waals surface area contributed by atoms with Gasteiger partial charge in [-0.3, -0.25) is 19.7 Å². The average Bonchev–Trinajstić information content (AvgIpc) is 3.19. The highest BCUT2D eigenvalue weighted by atomic mass is 35.5. The van der Waals surface area contributed by atoms with E-state index in [2.05, 4.69) is 27.0 Å². The van der Waals surface area contributed by atoms with Crippen LogP contribution in [0.3, 0.4) is 0 Å². The number of nitrogens with zero attached hydrogens (tertiary/aromatic N) is 4. The van der Waals surface area contributed by atoms with Gasteiger partial charge in [0.2, 0.25) is 5.91 Å². The Labute approximate surface area is 156 Å². The van der Waals surface area contributed by atoms with E-state index in [1.54, 1.807) is 12.4 Å². The molecule has 5 rings (SSSR count). The first kappa shape index (κ1) is 15.7. The fourth-order valence-electron chi connectivity index (χ4n) is 4.14. The highest BCUT2D eigenvalue weighted by Gasteiger charge is 2.49. The Morgan fingerprint density at radius 1 is 1.08 bits per heavy atom. The first-order chi connectivity index (χ1) is 12.7. The largest absolute Gasteiger partial charge is 0.307 e. The third kappa shape index (κ3) is 2.55. The van der Waals surface area contributed by atoms with Crippen LogP contribution in [-0.4, -0.2) is 39.4 Å². The van der Waals surface area contributed by atoms with Crippen molar-refractivity contribution in [1.29, 1.82) is 0 Å². The van der Waals surface area contributed by atoms with Gasteiger partial charge in [0.1, 0.15) is 0 Å². The number of fused-ring (bicyclic) bond motifs is 3. The molecule has 1 aromatic heterocycles. The van der Waals surface area contributed by atoms with Crippen molar-refractivity contribution in [3.05, 3.63) is 65.4 Å². The number of carbonyl (C=O) groups excluding carboxylic acids is 1. The summed E-state index contributed by atoms with van der Waals surface area (Å²) in [6, 6.07) is 13.8. The first-order valence-corrected chi connectivity index (χ1v) is 9.09. The summed E-state index contributed by atoms with van der Waals surface area (Å²) in [5.41, 5.74) is 3.84. The molecule has 0 spiro atoms. The van der Waals surface area contributed by atoms with Crippen molar-refractivity contribution in [2.24, 2.45) is 0 Å². The van der Waals surface area contributed by atoms with Crippen molar-refractivity contribution in [3.8, 4) is 0 Å². The minimum absolute atomic E-state index is 0.0588. The molecular formula is C20H17ClN4O. The maximum atomic E-state index is 12.9. The van der Waals surface area contributed by atoms with Crippen LogP contribution in [0.25, 0.3) is 11.0 Å². The second-order valence-corrected chi connectivity index (χ2v) is 7.34. The van der Waals surface area contributed by atoms with Crippen LogP contribution in [0.2, 0.25) is 5.02 Å². The van der Waals surface area contributed by atoms with Gasteiger partial charge in [0.05, 0.1) is 23.1 Å². The molecule has 5 nitrogen and oxygen atoms in total. The van der Waals surface area contributed by atoms with Gasteiger partial charge < -0.3 is 4.90 Å².